The van der Waals surface area contributed by atoms with Crippen molar-refractivity contribution in [2.24, 2.45) is 0 Å². The van der Waals surface area contributed by atoms with Gasteiger partial charge in [-0.3, -0.25) is 4.57 Å². The smallest absolute Gasteiger partial charge is 0.182 e. The van der Waals surface area contributed by atoms with Gasteiger partial charge in [-0.25, -0.2) is 8.78 Å². The highest BCUT2D eigenvalue weighted by Crippen LogP contribution is 2.26. The zero-order valence-corrected chi connectivity index (χ0v) is 10.6. The molecule has 0 aliphatic rings. The van der Waals surface area contributed by atoms with Gasteiger partial charge in [-0.1, -0.05) is 0 Å². The number of hydrogen-bond donors (Lipinski definition) is 1. The van der Waals surface area contributed by atoms with Crippen LogP contribution in [-0.2, 0) is 0 Å². The maximum Gasteiger partial charge on any atom is 0.182 e. The van der Waals surface area contributed by atoms with Gasteiger partial charge in [0.15, 0.2) is 10.6 Å². The summed E-state index contributed by atoms with van der Waals surface area (Å²) in [6, 6.07) is 2.03. The fourth-order valence-corrected chi connectivity index (χ4v) is 2.36. The van der Waals surface area contributed by atoms with E-state index < -0.39 is 11.6 Å². The Bertz CT molecular complexity index is 580. The molecule has 2 nitrogen and oxygen atoms in total. The normalized spacial score (nSPS) is 10.8. The van der Waals surface area contributed by atoms with Gasteiger partial charge in [-0.15, -0.1) is 0 Å². The Hall–Kier alpha value is -1.01. The number of halogens is 3. The molecule has 6 heteroatoms. The molecular formula is C10H7BrF2N2S. The zero-order chi connectivity index (χ0) is 11.9. The Morgan fingerprint density at radius 3 is 2.56 bits per heavy atom. The van der Waals surface area contributed by atoms with Crippen LogP contribution in [0.15, 0.2) is 22.8 Å². The monoisotopic (exact) mass is 304 g/mol. The third-order valence-electron chi connectivity index (χ3n) is 2.17. The van der Waals surface area contributed by atoms with Crippen molar-refractivity contribution in [3.8, 4) is 5.69 Å². The molecule has 16 heavy (non-hydrogen) atoms. The molecule has 0 unspecified atom stereocenters. The molecule has 84 valence electrons. The summed E-state index contributed by atoms with van der Waals surface area (Å²) in [6.45, 7) is 1.78. The predicted molar refractivity (Wildman–Crippen MR) is 63.3 cm³/mol. The summed E-state index contributed by atoms with van der Waals surface area (Å²) >= 11 is 8.16. The molecule has 0 fully saturated rings. The van der Waals surface area contributed by atoms with E-state index in [0.29, 0.717) is 9.24 Å². The number of aromatic nitrogens is 2. The second kappa shape index (κ2) is 4.10. The number of hydrogen-bond acceptors (Lipinski definition) is 1. The van der Waals surface area contributed by atoms with E-state index in [4.69, 9.17) is 12.2 Å². The van der Waals surface area contributed by atoms with E-state index in [1.807, 2.05) is 0 Å². The Morgan fingerprint density at radius 2 is 2.06 bits per heavy atom. The Balaban J connectivity index is 2.79. The number of nitrogens with one attached hydrogen (secondary N) is 1. The number of benzene rings is 1. The lowest BCUT2D eigenvalue weighted by Crippen LogP contribution is -2.02. The standard InChI is InChI=1S/C10H7BrF2N2S/c1-5-4-14-10(16)15(5)9-7(11)2-6(12)3-8(9)13/h2-4H,1H3,(H,14,16). The highest BCUT2D eigenvalue weighted by molar-refractivity contribution is 9.10. The predicted octanol–water partition coefficient (Wildman–Crippen LogP) is 3.88. The molecule has 0 radical (unpaired) electrons. The molecule has 0 bridgehead atoms. The summed E-state index contributed by atoms with van der Waals surface area (Å²) in [6.07, 6.45) is 1.66. The Morgan fingerprint density at radius 1 is 1.38 bits per heavy atom. The van der Waals surface area contributed by atoms with E-state index in [9.17, 15) is 8.78 Å². The minimum Gasteiger partial charge on any atom is -0.337 e. The number of H-pyrrole nitrogens is 1. The average Bonchev–Trinajstić information content (AvgIpc) is 2.47. The lowest BCUT2D eigenvalue weighted by Gasteiger charge is -2.09. The second-order valence-corrected chi connectivity index (χ2v) is 4.53. The Labute approximate surface area is 104 Å². The van der Waals surface area contributed by atoms with Crippen LogP contribution in [0.25, 0.3) is 5.69 Å². The number of aromatic amines is 1. The van der Waals surface area contributed by atoms with Crippen LogP contribution in [0, 0.1) is 23.3 Å². The molecule has 0 spiro atoms. The molecule has 0 saturated heterocycles. The van der Waals surface area contributed by atoms with Crippen LogP contribution in [0.1, 0.15) is 5.69 Å². The third kappa shape index (κ3) is 1.82. The first-order chi connectivity index (χ1) is 7.50. The first kappa shape index (κ1) is 11.5. The quantitative estimate of drug-likeness (QED) is 0.793. The highest BCUT2D eigenvalue weighted by Gasteiger charge is 2.13. The molecule has 0 saturated carbocycles. The second-order valence-electron chi connectivity index (χ2n) is 3.29. The molecule has 0 aliphatic carbocycles. The van der Waals surface area contributed by atoms with Gasteiger partial charge in [0, 0.05) is 22.4 Å². The van der Waals surface area contributed by atoms with E-state index >= 15 is 0 Å². The van der Waals surface area contributed by atoms with Crippen molar-refractivity contribution in [2.45, 2.75) is 6.92 Å². The molecule has 2 aromatic rings. The summed E-state index contributed by atoms with van der Waals surface area (Å²) in [5.74, 6) is -1.29. The van der Waals surface area contributed by atoms with Gasteiger partial charge in [-0.05, 0) is 41.1 Å². The van der Waals surface area contributed by atoms with E-state index in [-0.39, 0.29) is 5.69 Å². The van der Waals surface area contributed by atoms with E-state index in [1.165, 1.54) is 10.6 Å². The van der Waals surface area contributed by atoms with Gasteiger partial charge in [0.05, 0.1) is 5.69 Å². The van der Waals surface area contributed by atoms with Crippen molar-refractivity contribution >= 4 is 28.1 Å². The topological polar surface area (TPSA) is 20.7 Å². The molecule has 1 heterocycles. The summed E-state index contributed by atoms with van der Waals surface area (Å²) in [4.78, 5) is 2.80. The van der Waals surface area contributed by atoms with Gasteiger partial charge in [0.1, 0.15) is 5.82 Å². The summed E-state index contributed by atoms with van der Waals surface area (Å²) < 4.78 is 28.8. The van der Waals surface area contributed by atoms with Crippen molar-refractivity contribution in [1.29, 1.82) is 0 Å². The van der Waals surface area contributed by atoms with Crippen LogP contribution in [0.4, 0.5) is 8.78 Å². The zero-order valence-electron chi connectivity index (χ0n) is 8.22. The first-order valence-electron chi connectivity index (χ1n) is 4.42. The average molecular weight is 305 g/mol. The summed E-state index contributed by atoms with van der Waals surface area (Å²) in [5, 5.41) is 0. The maximum atomic E-state index is 13.7. The minimum atomic E-state index is -0.661. The van der Waals surface area contributed by atoms with Crippen molar-refractivity contribution in [3.05, 3.63) is 44.9 Å². The number of aryl methyl sites for hydroxylation is 1. The van der Waals surface area contributed by atoms with Gasteiger partial charge < -0.3 is 4.98 Å². The third-order valence-corrected chi connectivity index (χ3v) is 3.07. The summed E-state index contributed by atoms with van der Waals surface area (Å²) in [7, 11) is 0. The Kier molecular flexibility index (Phi) is 2.94. The number of nitrogens with zero attached hydrogens (tertiary/aromatic N) is 1. The molecular weight excluding hydrogens is 298 g/mol. The van der Waals surface area contributed by atoms with Gasteiger partial charge >= 0.3 is 0 Å². The highest BCUT2D eigenvalue weighted by atomic mass is 79.9. The lowest BCUT2D eigenvalue weighted by atomic mass is 10.3. The molecule has 0 amide bonds. The van der Waals surface area contributed by atoms with Crippen LogP contribution in [0.5, 0.6) is 0 Å². The minimum absolute atomic E-state index is 0.213. The molecule has 0 atom stereocenters. The molecule has 2 rings (SSSR count). The van der Waals surface area contributed by atoms with Gasteiger partial charge in [0.2, 0.25) is 0 Å². The van der Waals surface area contributed by atoms with E-state index in [1.54, 1.807) is 13.1 Å². The molecule has 1 N–H and O–H groups in total. The van der Waals surface area contributed by atoms with Crippen LogP contribution < -0.4 is 0 Å². The van der Waals surface area contributed by atoms with Crippen molar-refractivity contribution < 1.29 is 8.78 Å². The number of imidazole rings is 1. The maximum absolute atomic E-state index is 13.7. The van der Waals surface area contributed by atoms with Crippen molar-refractivity contribution in [3.63, 3.8) is 0 Å². The van der Waals surface area contributed by atoms with E-state index in [0.717, 1.165) is 11.8 Å². The van der Waals surface area contributed by atoms with Crippen LogP contribution in [0.3, 0.4) is 0 Å². The lowest BCUT2D eigenvalue weighted by molar-refractivity contribution is 0.575. The number of rotatable bonds is 1. The largest absolute Gasteiger partial charge is 0.337 e. The van der Waals surface area contributed by atoms with Gasteiger partial charge in [0.25, 0.3) is 0 Å². The molecule has 1 aromatic heterocycles. The van der Waals surface area contributed by atoms with Crippen LogP contribution >= 0.6 is 28.1 Å². The molecule has 0 aliphatic heterocycles. The van der Waals surface area contributed by atoms with Crippen molar-refractivity contribution in [2.75, 3.05) is 0 Å². The summed E-state index contributed by atoms with van der Waals surface area (Å²) in [5.41, 5.74) is 0.960. The first-order valence-corrected chi connectivity index (χ1v) is 5.63. The van der Waals surface area contributed by atoms with Crippen LogP contribution in [-0.4, -0.2) is 9.55 Å². The fraction of sp³-hybridized carbons (Fsp3) is 0.100. The van der Waals surface area contributed by atoms with E-state index in [2.05, 4.69) is 20.9 Å². The fourth-order valence-electron chi connectivity index (χ4n) is 1.48. The van der Waals surface area contributed by atoms with Crippen LogP contribution in [0.2, 0.25) is 0 Å². The van der Waals surface area contributed by atoms with Gasteiger partial charge in [-0.2, -0.15) is 0 Å². The van der Waals surface area contributed by atoms with Crippen molar-refractivity contribution in [1.82, 2.24) is 9.55 Å². The molecule has 1 aromatic carbocycles. The SMILES string of the molecule is Cc1c[nH]c(=S)n1-c1c(F)cc(F)cc1Br.